The predicted molar refractivity (Wildman–Crippen MR) is 113 cm³/mol. The van der Waals surface area contributed by atoms with E-state index in [1.165, 1.54) is 5.56 Å². The summed E-state index contributed by atoms with van der Waals surface area (Å²) >= 11 is 6.01. The smallest absolute Gasteiger partial charge is 0.228 e. The molecule has 3 rings (SSSR count). The fourth-order valence-electron chi connectivity index (χ4n) is 2.76. The van der Waals surface area contributed by atoms with Crippen molar-refractivity contribution in [3.8, 4) is 11.4 Å². The Hall–Kier alpha value is -2.86. The van der Waals surface area contributed by atoms with Gasteiger partial charge in [-0.1, -0.05) is 66.1 Å². The zero-order valence-electron chi connectivity index (χ0n) is 16.0. The number of halogens is 1. The van der Waals surface area contributed by atoms with Crippen molar-refractivity contribution in [1.29, 1.82) is 0 Å². The minimum atomic E-state index is 0.385. The average molecular weight is 398 g/mol. The number of aromatic nitrogens is 2. The van der Waals surface area contributed by atoms with Gasteiger partial charge in [-0.3, -0.25) is 4.99 Å². The first kappa shape index (κ1) is 19.9. The maximum Gasteiger partial charge on any atom is 0.228 e. The number of nitrogens with one attached hydrogen (secondary N) is 2. The van der Waals surface area contributed by atoms with Gasteiger partial charge in [0.15, 0.2) is 5.96 Å². The topological polar surface area (TPSA) is 75.3 Å². The minimum Gasteiger partial charge on any atom is -0.356 e. The Morgan fingerprint density at radius 1 is 1.14 bits per heavy atom. The molecule has 6 nitrogen and oxygen atoms in total. The van der Waals surface area contributed by atoms with E-state index in [1.807, 2.05) is 30.3 Å². The van der Waals surface area contributed by atoms with Gasteiger partial charge < -0.3 is 15.2 Å². The maximum atomic E-state index is 6.01. The second-order valence-electron chi connectivity index (χ2n) is 6.46. The highest BCUT2D eigenvalue weighted by atomic mass is 35.5. The van der Waals surface area contributed by atoms with Gasteiger partial charge in [-0.05, 0) is 23.6 Å². The van der Waals surface area contributed by atoms with Gasteiger partial charge >= 0.3 is 0 Å². The number of hydrogen-bond donors (Lipinski definition) is 2. The molecular formula is C21H24ClN5O. The van der Waals surface area contributed by atoms with Crippen molar-refractivity contribution in [3.05, 3.63) is 71.1 Å². The summed E-state index contributed by atoms with van der Waals surface area (Å²) in [4.78, 5) is 8.68. The minimum absolute atomic E-state index is 0.385. The quantitative estimate of drug-likeness (QED) is 0.467. The first-order chi connectivity index (χ1) is 13.7. The molecule has 3 aromatic rings. The van der Waals surface area contributed by atoms with Gasteiger partial charge in [0.2, 0.25) is 11.7 Å². The number of rotatable bonds is 7. The van der Waals surface area contributed by atoms with Crippen LogP contribution in [0, 0.1) is 0 Å². The number of nitrogens with zero attached hydrogens (tertiary/aromatic N) is 3. The second-order valence-corrected chi connectivity index (χ2v) is 6.90. The number of hydrogen-bond acceptors (Lipinski definition) is 4. The lowest BCUT2D eigenvalue weighted by Gasteiger charge is -2.16. The van der Waals surface area contributed by atoms with Crippen molar-refractivity contribution in [1.82, 2.24) is 20.8 Å². The Morgan fingerprint density at radius 2 is 1.96 bits per heavy atom. The van der Waals surface area contributed by atoms with Crippen LogP contribution in [0.25, 0.3) is 11.4 Å². The molecule has 2 aromatic carbocycles. The Balaban J connectivity index is 1.46. The summed E-state index contributed by atoms with van der Waals surface area (Å²) in [7, 11) is 1.76. The van der Waals surface area contributed by atoms with Crippen LogP contribution in [0.4, 0.5) is 0 Å². The third kappa shape index (κ3) is 5.57. The van der Waals surface area contributed by atoms with Crippen LogP contribution in [0.2, 0.25) is 5.02 Å². The molecule has 1 aromatic heterocycles. The summed E-state index contributed by atoms with van der Waals surface area (Å²) in [5.74, 6) is 2.24. The van der Waals surface area contributed by atoms with E-state index in [2.05, 4.69) is 57.0 Å². The van der Waals surface area contributed by atoms with Crippen LogP contribution < -0.4 is 10.6 Å². The molecule has 28 heavy (non-hydrogen) atoms. The lowest BCUT2D eigenvalue weighted by atomic mass is 10.0. The summed E-state index contributed by atoms with van der Waals surface area (Å²) in [6.07, 6.45) is 0.600. The molecule has 0 aliphatic heterocycles. The molecule has 1 atom stereocenters. The summed E-state index contributed by atoms with van der Waals surface area (Å²) in [5, 5.41) is 11.3. The van der Waals surface area contributed by atoms with Gasteiger partial charge in [0.1, 0.15) is 0 Å². The van der Waals surface area contributed by atoms with E-state index in [0.29, 0.717) is 35.6 Å². The van der Waals surface area contributed by atoms with Gasteiger partial charge in [0, 0.05) is 37.1 Å². The molecule has 1 heterocycles. The van der Waals surface area contributed by atoms with Crippen molar-refractivity contribution in [2.45, 2.75) is 19.3 Å². The Bertz CT molecular complexity index is 910. The molecule has 0 radical (unpaired) electrons. The molecule has 0 fully saturated rings. The van der Waals surface area contributed by atoms with Crippen molar-refractivity contribution in [2.24, 2.45) is 4.99 Å². The van der Waals surface area contributed by atoms with E-state index in [-0.39, 0.29) is 0 Å². The van der Waals surface area contributed by atoms with Gasteiger partial charge in [-0.15, -0.1) is 0 Å². The van der Waals surface area contributed by atoms with E-state index in [4.69, 9.17) is 16.1 Å². The van der Waals surface area contributed by atoms with Crippen molar-refractivity contribution in [2.75, 3.05) is 20.1 Å². The van der Waals surface area contributed by atoms with Crippen LogP contribution >= 0.6 is 11.6 Å². The van der Waals surface area contributed by atoms with Crippen LogP contribution in [0.5, 0.6) is 0 Å². The zero-order valence-corrected chi connectivity index (χ0v) is 16.8. The number of guanidine groups is 1. The van der Waals surface area contributed by atoms with Gasteiger partial charge in [0.25, 0.3) is 0 Å². The van der Waals surface area contributed by atoms with Crippen LogP contribution in [0.15, 0.2) is 64.1 Å². The van der Waals surface area contributed by atoms with Crippen molar-refractivity contribution >= 4 is 17.6 Å². The van der Waals surface area contributed by atoms with Gasteiger partial charge in [0.05, 0.1) is 0 Å². The molecule has 0 aliphatic carbocycles. The molecule has 0 saturated heterocycles. The molecule has 146 valence electrons. The number of benzene rings is 2. The fourth-order valence-corrected chi connectivity index (χ4v) is 2.95. The summed E-state index contributed by atoms with van der Waals surface area (Å²) in [5.41, 5.74) is 2.13. The van der Waals surface area contributed by atoms with Crippen LogP contribution in [0.1, 0.15) is 24.3 Å². The fraction of sp³-hybridized carbons (Fsp3) is 0.286. The van der Waals surface area contributed by atoms with Crippen molar-refractivity contribution < 1.29 is 4.52 Å². The molecule has 1 unspecified atom stereocenters. The largest absolute Gasteiger partial charge is 0.356 e. The predicted octanol–water partition coefficient (Wildman–Crippen LogP) is 3.90. The Labute approximate surface area is 170 Å². The number of aliphatic imine (C=N–C) groups is 1. The summed E-state index contributed by atoms with van der Waals surface area (Å²) in [6, 6.07) is 17.8. The Kier molecular flexibility index (Phi) is 7.03. The van der Waals surface area contributed by atoms with Crippen LogP contribution in [-0.2, 0) is 6.42 Å². The Morgan fingerprint density at radius 3 is 2.71 bits per heavy atom. The second kappa shape index (κ2) is 9.90. The standard InChI is InChI=1S/C21H24ClN5O/c1-15(16-7-4-3-5-8-16)14-25-21(23-2)24-12-11-19-26-20(27-28-19)17-9-6-10-18(22)13-17/h3-10,13,15H,11-12,14H2,1-2H3,(H2,23,24,25). The van der Waals surface area contributed by atoms with Gasteiger partial charge in [-0.2, -0.15) is 4.98 Å². The van der Waals surface area contributed by atoms with E-state index in [9.17, 15) is 0 Å². The monoisotopic (exact) mass is 397 g/mol. The third-order valence-corrected chi connectivity index (χ3v) is 4.59. The van der Waals surface area contributed by atoms with E-state index in [0.717, 1.165) is 18.1 Å². The first-order valence-corrected chi connectivity index (χ1v) is 9.61. The van der Waals surface area contributed by atoms with Crippen LogP contribution in [-0.4, -0.2) is 36.2 Å². The molecule has 2 N–H and O–H groups in total. The highest BCUT2D eigenvalue weighted by Crippen LogP contribution is 2.20. The van der Waals surface area contributed by atoms with E-state index in [1.54, 1.807) is 7.05 Å². The molecule has 7 heteroatoms. The molecule has 0 amide bonds. The molecule has 0 aliphatic rings. The third-order valence-electron chi connectivity index (χ3n) is 4.35. The zero-order chi connectivity index (χ0) is 19.8. The maximum absolute atomic E-state index is 6.01. The van der Waals surface area contributed by atoms with E-state index < -0.39 is 0 Å². The normalized spacial score (nSPS) is 12.6. The summed E-state index contributed by atoms with van der Waals surface area (Å²) in [6.45, 7) is 3.62. The molecule has 0 bridgehead atoms. The SMILES string of the molecule is CN=C(NCCc1nc(-c2cccc(Cl)c2)no1)NCC(C)c1ccccc1. The molecule has 0 saturated carbocycles. The lowest BCUT2D eigenvalue weighted by molar-refractivity contribution is 0.378. The van der Waals surface area contributed by atoms with Gasteiger partial charge in [-0.25, -0.2) is 0 Å². The van der Waals surface area contributed by atoms with Crippen LogP contribution in [0.3, 0.4) is 0 Å². The highest BCUT2D eigenvalue weighted by Gasteiger charge is 2.10. The first-order valence-electron chi connectivity index (χ1n) is 9.23. The highest BCUT2D eigenvalue weighted by molar-refractivity contribution is 6.30. The summed E-state index contributed by atoms with van der Waals surface area (Å²) < 4.78 is 5.33. The lowest BCUT2D eigenvalue weighted by Crippen LogP contribution is -2.39. The average Bonchev–Trinajstić information content (AvgIpc) is 3.20. The van der Waals surface area contributed by atoms with E-state index >= 15 is 0 Å². The van der Waals surface area contributed by atoms with Crippen molar-refractivity contribution in [3.63, 3.8) is 0 Å². The molecule has 0 spiro atoms. The molecular weight excluding hydrogens is 374 g/mol.